The quantitative estimate of drug-likeness (QED) is 0.804. The van der Waals surface area contributed by atoms with Crippen LogP contribution >= 0.6 is 0 Å². The van der Waals surface area contributed by atoms with E-state index >= 15 is 0 Å². The highest BCUT2D eigenvalue weighted by Crippen LogP contribution is 2.28. The van der Waals surface area contributed by atoms with Gasteiger partial charge in [-0.05, 0) is 37.1 Å². The zero-order chi connectivity index (χ0) is 16.5. The summed E-state index contributed by atoms with van der Waals surface area (Å²) in [6.45, 7) is 1.48. The van der Waals surface area contributed by atoms with Crippen LogP contribution in [-0.2, 0) is 0 Å². The summed E-state index contributed by atoms with van der Waals surface area (Å²) in [6, 6.07) is 7.83. The normalized spacial score (nSPS) is 18.0. The van der Waals surface area contributed by atoms with Crippen molar-refractivity contribution in [2.75, 3.05) is 25.0 Å². The van der Waals surface area contributed by atoms with Crippen molar-refractivity contribution in [1.29, 1.82) is 0 Å². The molecule has 0 spiro atoms. The van der Waals surface area contributed by atoms with E-state index in [0.717, 1.165) is 36.1 Å². The third-order valence-corrected chi connectivity index (χ3v) is 4.78. The molecule has 0 aromatic carbocycles. The summed E-state index contributed by atoms with van der Waals surface area (Å²) in [7, 11) is 2.09. The number of likely N-dealkylation sites (tertiary alicyclic amines) is 1. The molecule has 1 amide bonds. The molecule has 124 valence electrons. The van der Waals surface area contributed by atoms with Crippen LogP contribution in [0.5, 0.6) is 0 Å². The van der Waals surface area contributed by atoms with Crippen molar-refractivity contribution in [3.8, 4) is 0 Å². The maximum atomic E-state index is 12.5. The molecule has 4 heterocycles. The Morgan fingerprint density at radius 2 is 2.33 bits per heavy atom. The minimum atomic E-state index is -0.0281. The summed E-state index contributed by atoms with van der Waals surface area (Å²) in [5.41, 5.74) is 2.03. The summed E-state index contributed by atoms with van der Waals surface area (Å²) in [5.74, 6) is 0.384. The highest BCUT2D eigenvalue weighted by Gasteiger charge is 2.28. The number of anilines is 1. The molecule has 1 aliphatic rings. The molecule has 1 fully saturated rings. The summed E-state index contributed by atoms with van der Waals surface area (Å²) in [6.07, 6.45) is 7.32. The Labute approximate surface area is 140 Å². The zero-order valence-corrected chi connectivity index (χ0v) is 13.6. The molecule has 6 heteroatoms. The lowest BCUT2D eigenvalue weighted by atomic mass is 10.0. The van der Waals surface area contributed by atoms with Crippen molar-refractivity contribution >= 4 is 22.6 Å². The van der Waals surface area contributed by atoms with Crippen molar-refractivity contribution in [3.63, 3.8) is 0 Å². The Balaban J connectivity index is 1.55. The van der Waals surface area contributed by atoms with Gasteiger partial charge in [0, 0.05) is 49.6 Å². The second-order valence-corrected chi connectivity index (χ2v) is 6.21. The highest BCUT2D eigenvalue weighted by molar-refractivity contribution is 5.92. The highest BCUT2D eigenvalue weighted by atomic mass is 16.3. The van der Waals surface area contributed by atoms with Crippen molar-refractivity contribution in [2.24, 2.45) is 0 Å². The van der Waals surface area contributed by atoms with Gasteiger partial charge in [-0.2, -0.15) is 0 Å². The van der Waals surface area contributed by atoms with Gasteiger partial charge in [-0.15, -0.1) is 0 Å². The molecular formula is C18H20N4O2. The van der Waals surface area contributed by atoms with Gasteiger partial charge in [-0.1, -0.05) is 0 Å². The molecule has 1 atom stereocenters. The van der Waals surface area contributed by atoms with Crippen LogP contribution in [-0.4, -0.2) is 47.0 Å². The topological polar surface area (TPSA) is 65.4 Å². The fraction of sp³-hybridized carbons (Fsp3) is 0.333. The molecule has 0 unspecified atom stereocenters. The van der Waals surface area contributed by atoms with E-state index in [9.17, 15) is 4.79 Å². The number of nitrogens with zero attached hydrogens (tertiary/aromatic N) is 3. The van der Waals surface area contributed by atoms with Gasteiger partial charge < -0.3 is 19.2 Å². The summed E-state index contributed by atoms with van der Waals surface area (Å²) < 4.78 is 5.26. The summed E-state index contributed by atoms with van der Waals surface area (Å²) >= 11 is 0. The molecule has 3 aromatic heterocycles. The predicted octanol–water partition coefficient (Wildman–Crippen LogP) is 2.90. The number of hydrogen-bond acceptors (Lipinski definition) is 4. The lowest BCUT2D eigenvalue weighted by Crippen LogP contribution is -2.48. The number of H-pyrrole nitrogens is 1. The number of aromatic nitrogens is 2. The van der Waals surface area contributed by atoms with E-state index in [-0.39, 0.29) is 11.9 Å². The average Bonchev–Trinajstić information content (AvgIpc) is 3.31. The molecule has 24 heavy (non-hydrogen) atoms. The SMILES string of the molecule is CN(c1ccnc2[nH]ccc12)[C@@H]1CCCN(C(=O)c2ccco2)C1. The predicted molar refractivity (Wildman–Crippen MR) is 92.1 cm³/mol. The van der Waals surface area contributed by atoms with Crippen molar-refractivity contribution < 1.29 is 9.21 Å². The fourth-order valence-electron chi connectivity index (χ4n) is 3.46. The van der Waals surface area contributed by atoms with Crippen molar-refractivity contribution in [2.45, 2.75) is 18.9 Å². The number of likely N-dealkylation sites (N-methyl/N-ethyl adjacent to an activating group) is 1. The first-order chi connectivity index (χ1) is 11.7. The number of furan rings is 1. The monoisotopic (exact) mass is 324 g/mol. The molecule has 0 saturated carbocycles. The zero-order valence-electron chi connectivity index (χ0n) is 13.6. The van der Waals surface area contributed by atoms with Gasteiger partial charge in [0.15, 0.2) is 5.76 Å². The van der Waals surface area contributed by atoms with E-state index in [1.165, 1.54) is 0 Å². The van der Waals surface area contributed by atoms with Crippen LogP contribution in [0, 0.1) is 0 Å². The lowest BCUT2D eigenvalue weighted by Gasteiger charge is -2.38. The molecule has 6 nitrogen and oxygen atoms in total. The number of carbonyl (C=O) groups excluding carboxylic acids is 1. The number of carbonyl (C=O) groups is 1. The number of fused-ring (bicyclic) bond motifs is 1. The fourth-order valence-corrected chi connectivity index (χ4v) is 3.46. The van der Waals surface area contributed by atoms with E-state index in [2.05, 4.69) is 21.9 Å². The minimum Gasteiger partial charge on any atom is -0.459 e. The molecule has 0 radical (unpaired) electrons. The Morgan fingerprint density at radius 3 is 3.17 bits per heavy atom. The molecule has 1 saturated heterocycles. The van der Waals surface area contributed by atoms with E-state index in [0.29, 0.717) is 12.3 Å². The summed E-state index contributed by atoms with van der Waals surface area (Å²) in [4.78, 5) is 24.2. The maximum Gasteiger partial charge on any atom is 0.289 e. The molecule has 1 N–H and O–H groups in total. The van der Waals surface area contributed by atoms with Crippen LogP contribution < -0.4 is 4.90 Å². The van der Waals surface area contributed by atoms with E-state index in [1.807, 2.05) is 29.4 Å². The van der Waals surface area contributed by atoms with Gasteiger partial charge in [-0.3, -0.25) is 4.79 Å². The Morgan fingerprint density at radius 1 is 1.42 bits per heavy atom. The maximum absolute atomic E-state index is 12.5. The summed E-state index contributed by atoms with van der Waals surface area (Å²) in [5, 5.41) is 1.11. The second kappa shape index (κ2) is 6.03. The van der Waals surface area contributed by atoms with Gasteiger partial charge in [0.25, 0.3) is 5.91 Å². The Hall–Kier alpha value is -2.76. The number of amides is 1. The van der Waals surface area contributed by atoms with E-state index in [1.54, 1.807) is 18.4 Å². The Kier molecular flexibility index (Phi) is 3.72. The van der Waals surface area contributed by atoms with Crippen LogP contribution in [0.25, 0.3) is 11.0 Å². The first kappa shape index (κ1) is 14.8. The smallest absolute Gasteiger partial charge is 0.289 e. The molecule has 0 bridgehead atoms. The van der Waals surface area contributed by atoms with E-state index < -0.39 is 0 Å². The van der Waals surface area contributed by atoms with Crippen LogP contribution in [0.2, 0.25) is 0 Å². The number of hydrogen-bond donors (Lipinski definition) is 1. The van der Waals surface area contributed by atoms with Crippen LogP contribution in [0.3, 0.4) is 0 Å². The molecule has 4 rings (SSSR count). The molecule has 1 aliphatic heterocycles. The third-order valence-electron chi connectivity index (χ3n) is 4.78. The number of rotatable bonds is 3. The van der Waals surface area contributed by atoms with Crippen LogP contribution in [0.4, 0.5) is 5.69 Å². The molecule has 3 aromatic rings. The number of pyridine rings is 1. The third kappa shape index (κ3) is 2.54. The van der Waals surface area contributed by atoms with Crippen molar-refractivity contribution in [3.05, 3.63) is 48.7 Å². The van der Waals surface area contributed by atoms with Crippen LogP contribution in [0.1, 0.15) is 23.4 Å². The Bertz CT molecular complexity index is 840. The standard InChI is InChI=1S/C18H20N4O2/c1-21(15-7-9-20-17-14(15)6-8-19-17)13-4-2-10-22(12-13)18(23)16-5-3-11-24-16/h3,5-9,11,13H,2,4,10,12H2,1H3,(H,19,20)/t13-/m1/s1. The second-order valence-electron chi connectivity index (χ2n) is 6.21. The van der Waals surface area contributed by atoms with E-state index in [4.69, 9.17) is 4.42 Å². The lowest BCUT2D eigenvalue weighted by molar-refractivity contribution is 0.0675. The van der Waals surface area contributed by atoms with Gasteiger partial charge in [0.2, 0.25) is 0 Å². The largest absolute Gasteiger partial charge is 0.459 e. The van der Waals surface area contributed by atoms with Gasteiger partial charge in [0.1, 0.15) is 5.65 Å². The average molecular weight is 324 g/mol. The number of piperidine rings is 1. The first-order valence-corrected chi connectivity index (χ1v) is 8.22. The van der Waals surface area contributed by atoms with Crippen molar-refractivity contribution in [1.82, 2.24) is 14.9 Å². The van der Waals surface area contributed by atoms with Gasteiger partial charge >= 0.3 is 0 Å². The molecular weight excluding hydrogens is 304 g/mol. The van der Waals surface area contributed by atoms with Gasteiger partial charge in [-0.25, -0.2) is 4.98 Å². The van der Waals surface area contributed by atoms with Gasteiger partial charge in [0.05, 0.1) is 6.26 Å². The molecule has 0 aliphatic carbocycles. The number of aromatic amines is 1. The van der Waals surface area contributed by atoms with Crippen LogP contribution in [0.15, 0.2) is 47.3 Å². The minimum absolute atomic E-state index is 0.0281. The number of nitrogens with one attached hydrogen (secondary N) is 1. The first-order valence-electron chi connectivity index (χ1n) is 8.22.